The maximum atomic E-state index is 14.7. The molecule has 0 saturated carbocycles. The number of carbonyl (C=O) groups is 4. The van der Waals surface area contributed by atoms with Crippen molar-refractivity contribution in [3.05, 3.63) is 132 Å². The van der Waals surface area contributed by atoms with Crippen molar-refractivity contribution in [2.75, 3.05) is 13.6 Å². The third-order valence-corrected chi connectivity index (χ3v) is 7.20. The average Bonchev–Trinajstić information content (AvgIpc) is 3.34. The van der Waals surface area contributed by atoms with Gasteiger partial charge in [0.15, 0.2) is 0 Å². The highest BCUT2D eigenvalue weighted by Crippen LogP contribution is 2.47. The second-order valence-electron chi connectivity index (χ2n) is 10.1. The predicted octanol–water partition coefficient (Wildman–Crippen LogP) is 6.67. The summed E-state index contributed by atoms with van der Waals surface area (Å²) < 4.78 is 59.9. The molecular formula is C36H26F2O10. The van der Waals surface area contributed by atoms with Gasteiger partial charge in [0.05, 0.1) is 11.1 Å². The molecule has 1 aliphatic carbocycles. The van der Waals surface area contributed by atoms with Crippen LogP contribution < -0.4 is 18.9 Å². The lowest BCUT2D eigenvalue weighted by atomic mass is 9.99. The highest BCUT2D eigenvalue weighted by Gasteiger charge is 2.28. The van der Waals surface area contributed by atoms with Crippen molar-refractivity contribution in [1.29, 1.82) is 0 Å². The Labute approximate surface area is 272 Å². The minimum absolute atomic E-state index is 0.0356. The van der Waals surface area contributed by atoms with E-state index in [1.54, 1.807) is 36.4 Å². The molecule has 5 rings (SSSR count). The van der Waals surface area contributed by atoms with Crippen LogP contribution in [0.15, 0.2) is 98.1 Å². The van der Waals surface area contributed by atoms with E-state index in [0.29, 0.717) is 0 Å². The van der Waals surface area contributed by atoms with E-state index in [4.69, 9.17) is 18.9 Å². The molecule has 0 unspecified atom stereocenters. The second kappa shape index (κ2) is 14.4. The number of hydrogen-bond acceptors (Lipinski definition) is 10. The van der Waals surface area contributed by atoms with Crippen LogP contribution in [-0.4, -0.2) is 37.5 Å². The monoisotopic (exact) mass is 656 g/mol. The van der Waals surface area contributed by atoms with Crippen LogP contribution in [0.4, 0.5) is 8.78 Å². The Balaban J connectivity index is 1.23. The molecule has 48 heavy (non-hydrogen) atoms. The summed E-state index contributed by atoms with van der Waals surface area (Å²) in [6, 6.07) is 17.0. The number of rotatable bonds is 12. The van der Waals surface area contributed by atoms with Crippen LogP contribution in [0.25, 0.3) is 11.1 Å². The minimum Gasteiger partial charge on any atom is -0.457 e. The van der Waals surface area contributed by atoms with Gasteiger partial charge in [-0.1, -0.05) is 32.2 Å². The van der Waals surface area contributed by atoms with E-state index < -0.39 is 49.1 Å². The Hall–Kier alpha value is -6.30. The number of esters is 4. The normalized spacial score (nSPS) is 11.4. The van der Waals surface area contributed by atoms with Crippen molar-refractivity contribution >= 4 is 23.9 Å². The Bertz CT molecular complexity index is 1810. The van der Waals surface area contributed by atoms with E-state index in [-0.39, 0.29) is 40.0 Å². The van der Waals surface area contributed by atoms with Crippen molar-refractivity contribution in [2.45, 2.75) is 12.8 Å². The molecule has 0 aromatic heterocycles. The van der Waals surface area contributed by atoms with Gasteiger partial charge in [0.1, 0.15) is 34.6 Å². The largest absolute Gasteiger partial charge is 0.457 e. The third-order valence-electron chi connectivity index (χ3n) is 7.20. The van der Waals surface area contributed by atoms with Gasteiger partial charge in [0.25, 0.3) is 0 Å². The molecule has 0 bridgehead atoms. The van der Waals surface area contributed by atoms with Crippen molar-refractivity contribution in [3.63, 3.8) is 0 Å². The fraction of sp³-hybridized carbons (Fsp3) is 0.111. The molecule has 0 amide bonds. The quantitative estimate of drug-likeness (QED) is 0.0707. The van der Waals surface area contributed by atoms with E-state index in [1.807, 2.05) is 6.92 Å². The van der Waals surface area contributed by atoms with E-state index in [2.05, 4.69) is 22.6 Å². The lowest BCUT2D eigenvalue weighted by molar-refractivity contribution is -0.145. The summed E-state index contributed by atoms with van der Waals surface area (Å²) in [4.78, 5) is 47.8. The number of fused-ring (bicyclic) bond motifs is 3. The van der Waals surface area contributed by atoms with Gasteiger partial charge >= 0.3 is 23.9 Å². The van der Waals surface area contributed by atoms with E-state index in [9.17, 15) is 28.0 Å². The Morgan fingerprint density at radius 2 is 1.02 bits per heavy atom. The summed E-state index contributed by atoms with van der Waals surface area (Å²) in [6.45, 7) is 7.50. The summed E-state index contributed by atoms with van der Waals surface area (Å²) in [5, 5.41) is 0. The van der Waals surface area contributed by atoms with E-state index >= 15 is 0 Å². The van der Waals surface area contributed by atoms with Crippen LogP contribution >= 0.6 is 0 Å². The van der Waals surface area contributed by atoms with Crippen LogP contribution in [0.5, 0.6) is 23.0 Å². The van der Waals surface area contributed by atoms with Crippen molar-refractivity contribution < 1.29 is 56.4 Å². The topological polar surface area (TPSA) is 124 Å². The molecule has 0 saturated heterocycles. The molecule has 0 aliphatic heterocycles. The zero-order chi connectivity index (χ0) is 34.4. The summed E-state index contributed by atoms with van der Waals surface area (Å²) >= 11 is 0. The molecule has 0 heterocycles. The van der Waals surface area contributed by atoms with E-state index in [1.165, 1.54) is 24.3 Å². The summed E-state index contributed by atoms with van der Waals surface area (Å²) in [7, 11) is 0. The molecule has 0 spiro atoms. The first-order valence-corrected chi connectivity index (χ1v) is 14.2. The number of benzene rings is 4. The third kappa shape index (κ3) is 7.39. The Kier molecular flexibility index (Phi) is 9.94. The van der Waals surface area contributed by atoms with E-state index in [0.717, 1.165) is 46.5 Å². The Morgan fingerprint density at radius 3 is 1.40 bits per heavy atom. The molecule has 0 fully saturated rings. The van der Waals surface area contributed by atoms with Crippen LogP contribution in [-0.2, 0) is 19.1 Å². The van der Waals surface area contributed by atoms with Crippen LogP contribution in [0, 0.1) is 11.6 Å². The van der Waals surface area contributed by atoms with Gasteiger partial charge in [0.2, 0.25) is 13.6 Å². The molecule has 0 N–H and O–H groups in total. The number of hydrogen-bond donors (Lipinski definition) is 0. The zero-order valence-corrected chi connectivity index (χ0v) is 25.3. The lowest BCUT2D eigenvalue weighted by Crippen LogP contribution is -2.12. The first kappa shape index (κ1) is 33.1. The fourth-order valence-corrected chi connectivity index (χ4v) is 4.84. The second-order valence-corrected chi connectivity index (χ2v) is 10.1. The molecule has 0 atom stereocenters. The smallest absolute Gasteiger partial charge is 0.346 e. The summed E-state index contributed by atoms with van der Waals surface area (Å²) in [6.07, 6.45) is 1.91. The number of halogens is 2. The van der Waals surface area contributed by atoms with Crippen molar-refractivity contribution in [2.24, 2.45) is 0 Å². The van der Waals surface area contributed by atoms with Gasteiger partial charge in [-0.3, -0.25) is 0 Å². The van der Waals surface area contributed by atoms with Crippen LogP contribution in [0.3, 0.4) is 0 Å². The van der Waals surface area contributed by atoms with Crippen LogP contribution in [0.1, 0.15) is 44.7 Å². The minimum atomic E-state index is -0.933. The SMILES string of the molecule is C=CC(=O)OCOc1ccc(C(=O)Oc2ccc3c(c2)C(C)c2cc(OC(=O)c4ccc(OCOC(=O)C=C)cc4F)ccc2-3)c(F)c1. The fourth-order valence-electron chi connectivity index (χ4n) is 4.84. The first-order chi connectivity index (χ1) is 23.1. The molecule has 1 aliphatic rings. The van der Waals surface area contributed by atoms with Gasteiger partial charge in [-0.25, -0.2) is 28.0 Å². The van der Waals surface area contributed by atoms with Gasteiger partial charge in [0, 0.05) is 30.2 Å². The molecule has 244 valence electrons. The molecule has 12 heteroatoms. The summed E-state index contributed by atoms with van der Waals surface area (Å²) in [5.74, 6) is -4.84. The number of ether oxygens (including phenoxy) is 6. The maximum Gasteiger partial charge on any atom is 0.346 e. The molecule has 4 aromatic carbocycles. The van der Waals surface area contributed by atoms with Gasteiger partial charge < -0.3 is 28.4 Å². The molecule has 10 nitrogen and oxygen atoms in total. The predicted molar refractivity (Wildman–Crippen MR) is 166 cm³/mol. The molecule has 4 aromatic rings. The van der Waals surface area contributed by atoms with Crippen molar-refractivity contribution in [3.8, 4) is 34.1 Å². The van der Waals surface area contributed by atoms with Crippen molar-refractivity contribution in [1.82, 2.24) is 0 Å². The lowest BCUT2D eigenvalue weighted by Gasteiger charge is -2.11. The average molecular weight is 657 g/mol. The number of carbonyl (C=O) groups excluding carboxylic acids is 4. The Morgan fingerprint density at radius 1 is 0.625 bits per heavy atom. The van der Waals surface area contributed by atoms with Gasteiger partial charge in [-0.05, 0) is 70.8 Å². The van der Waals surface area contributed by atoms with Gasteiger partial charge in [-0.15, -0.1) is 0 Å². The standard InChI is InChI=1S/C36H26F2O10/c1-4-33(39)45-18-43-21-6-12-27(31(37)16-21)35(41)47-23-8-10-25-26-11-9-24(15-30(26)20(3)29(25)14-23)48-36(42)28-13-7-22(17-32(28)38)44-19-46-34(40)5-2/h4-17,20H,1-2,18-19H2,3H3. The van der Waals surface area contributed by atoms with Gasteiger partial charge in [-0.2, -0.15) is 0 Å². The zero-order valence-electron chi connectivity index (χ0n) is 25.3. The first-order valence-electron chi connectivity index (χ1n) is 14.2. The highest BCUT2D eigenvalue weighted by atomic mass is 19.1. The summed E-state index contributed by atoms with van der Waals surface area (Å²) in [5.41, 5.74) is 2.69. The van der Waals surface area contributed by atoms with Crippen LogP contribution in [0.2, 0.25) is 0 Å². The maximum absolute atomic E-state index is 14.7. The molecular weight excluding hydrogens is 630 g/mol. The highest BCUT2D eigenvalue weighted by molar-refractivity contribution is 5.93. The molecule has 0 radical (unpaired) electrons.